The van der Waals surface area contributed by atoms with Crippen molar-refractivity contribution in [1.29, 1.82) is 0 Å². The summed E-state index contributed by atoms with van der Waals surface area (Å²) in [6.45, 7) is 9.32. The molecule has 0 amide bonds. The van der Waals surface area contributed by atoms with Gasteiger partial charge in [0.25, 0.3) is 0 Å². The molecule has 4 rings (SSSR count). The van der Waals surface area contributed by atoms with Crippen molar-refractivity contribution >= 4 is 11.4 Å². The smallest absolute Gasteiger partial charge is 0.0795 e. The average molecular weight is 373 g/mol. The number of fused-ring (bicyclic) bond motifs is 5. The van der Waals surface area contributed by atoms with Gasteiger partial charge in [-0.15, -0.1) is 0 Å². The lowest BCUT2D eigenvalue weighted by molar-refractivity contribution is -0.0412. The molecule has 0 radical (unpaired) electrons. The van der Waals surface area contributed by atoms with Crippen LogP contribution in [0.25, 0.3) is 0 Å². The van der Waals surface area contributed by atoms with E-state index < -0.39 is 0 Å². The first-order valence-electron chi connectivity index (χ1n) is 11.0. The average Bonchev–Trinajstić information content (AvgIpc) is 2.99. The Bertz CT molecular complexity index is 696. The molecule has 0 aromatic carbocycles. The lowest BCUT2D eigenvalue weighted by atomic mass is 9.46. The SMILES string of the molecule is CC[C@@H]1C[C@@H]2[C@H]3CCC4=C/C(=N\O)CC[C@]4(C)[C@H]3CC[C@]2(C)[C@H]1/C(C)=N/O. The maximum atomic E-state index is 9.54. The van der Waals surface area contributed by atoms with E-state index in [1.54, 1.807) is 0 Å². The van der Waals surface area contributed by atoms with Crippen LogP contribution in [0.2, 0.25) is 0 Å². The molecule has 7 atom stereocenters. The minimum absolute atomic E-state index is 0.276. The van der Waals surface area contributed by atoms with Crippen LogP contribution in [-0.2, 0) is 0 Å². The molecule has 4 nitrogen and oxygen atoms in total. The summed E-state index contributed by atoms with van der Waals surface area (Å²) in [5.74, 6) is 3.36. The van der Waals surface area contributed by atoms with Gasteiger partial charge in [0.15, 0.2) is 0 Å². The number of allylic oxidation sites excluding steroid dienone is 2. The Morgan fingerprint density at radius 1 is 1.15 bits per heavy atom. The van der Waals surface area contributed by atoms with E-state index in [0.717, 1.165) is 48.4 Å². The van der Waals surface area contributed by atoms with Crippen molar-refractivity contribution in [1.82, 2.24) is 0 Å². The fraction of sp³-hybridized carbons (Fsp3) is 0.826. The Hall–Kier alpha value is -1.32. The molecule has 0 spiro atoms. The zero-order chi connectivity index (χ0) is 19.4. The van der Waals surface area contributed by atoms with E-state index in [9.17, 15) is 10.4 Å². The zero-order valence-electron chi connectivity index (χ0n) is 17.4. The van der Waals surface area contributed by atoms with Crippen LogP contribution in [-0.4, -0.2) is 21.8 Å². The molecule has 3 saturated carbocycles. The summed E-state index contributed by atoms with van der Waals surface area (Å²) < 4.78 is 0. The van der Waals surface area contributed by atoms with Gasteiger partial charge in [-0.05, 0) is 92.4 Å². The molecule has 4 aliphatic rings. The fourth-order valence-electron chi connectivity index (χ4n) is 8.11. The molecule has 0 saturated heterocycles. The predicted octanol–water partition coefficient (Wildman–Crippen LogP) is 5.88. The molecule has 0 aromatic heterocycles. The summed E-state index contributed by atoms with van der Waals surface area (Å²) in [6.07, 6.45) is 11.6. The van der Waals surface area contributed by atoms with Gasteiger partial charge in [0.1, 0.15) is 0 Å². The Labute approximate surface area is 163 Å². The topological polar surface area (TPSA) is 65.2 Å². The van der Waals surface area contributed by atoms with Crippen LogP contribution in [0.1, 0.15) is 79.1 Å². The molecule has 3 fully saturated rings. The van der Waals surface area contributed by atoms with Gasteiger partial charge in [-0.2, -0.15) is 0 Å². The van der Waals surface area contributed by atoms with Gasteiger partial charge in [0.2, 0.25) is 0 Å². The minimum atomic E-state index is 0.276. The molecule has 0 unspecified atom stereocenters. The molecule has 0 aromatic rings. The number of oxime groups is 2. The Kier molecular flexibility index (Phi) is 4.67. The molecule has 0 bridgehead atoms. The van der Waals surface area contributed by atoms with Crippen molar-refractivity contribution in [3.63, 3.8) is 0 Å². The summed E-state index contributed by atoms with van der Waals surface area (Å²) in [4.78, 5) is 0. The highest BCUT2D eigenvalue weighted by molar-refractivity contribution is 5.96. The van der Waals surface area contributed by atoms with Crippen molar-refractivity contribution in [3.05, 3.63) is 11.6 Å². The Morgan fingerprint density at radius 2 is 1.93 bits per heavy atom. The molecular weight excluding hydrogens is 336 g/mol. The second kappa shape index (κ2) is 6.63. The van der Waals surface area contributed by atoms with Gasteiger partial charge in [0.05, 0.1) is 11.4 Å². The number of rotatable bonds is 2. The molecule has 4 heteroatoms. The molecule has 0 aliphatic heterocycles. The van der Waals surface area contributed by atoms with Crippen LogP contribution < -0.4 is 0 Å². The summed E-state index contributed by atoms with van der Waals surface area (Å²) in [6, 6.07) is 0. The molecular formula is C23H36N2O2. The van der Waals surface area contributed by atoms with Crippen molar-refractivity contribution in [2.75, 3.05) is 0 Å². The zero-order valence-corrected chi connectivity index (χ0v) is 17.4. The van der Waals surface area contributed by atoms with Gasteiger partial charge in [-0.1, -0.05) is 43.1 Å². The lowest BCUT2D eigenvalue weighted by Gasteiger charge is -2.58. The van der Waals surface area contributed by atoms with E-state index in [4.69, 9.17) is 0 Å². The van der Waals surface area contributed by atoms with Crippen LogP contribution in [0.4, 0.5) is 0 Å². The molecule has 4 aliphatic carbocycles. The molecule has 2 N–H and O–H groups in total. The summed E-state index contributed by atoms with van der Waals surface area (Å²) in [5.41, 5.74) is 3.90. The van der Waals surface area contributed by atoms with Crippen molar-refractivity contribution in [2.45, 2.75) is 79.1 Å². The second-order valence-corrected chi connectivity index (χ2v) is 10.3. The number of hydrogen-bond acceptors (Lipinski definition) is 4. The predicted molar refractivity (Wildman–Crippen MR) is 108 cm³/mol. The molecule has 27 heavy (non-hydrogen) atoms. The van der Waals surface area contributed by atoms with Gasteiger partial charge in [-0.25, -0.2) is 0 Å². The standard InChI is InChI=1S/C23H36N2O2/c1-5-15-12-20-18-7-6-16-13-17(25-27)8-10-22(16,3)19(18)9-11-23(20,4)21(15)14(2)24-26/h13,15,18-21,26-27H,5-12H2,1-4H3/b24-14+,25-17-/t15-,18+,19+,20-,21+,22+,23+/m1/s1. The monoisotopic (exact) mass is 372 g/mol. The van der Waals surface area contributed by atoms with Gasteiger partial charge < -0.3 is 10.4 Å². The summed E-state index contributed by atoms with van der Waals surface area (Å²) in [5, 5.41) is 25.9. The molecule has 150 valence electrons. The highest BCUT2D eigenvalue weighted by atomic mass is 16.4. The third-order valence-corrected chi connectivity index (χ3v) is 9.41. The normalized spacial score (nSPS) is 48.6. The van der Waals surface area contributed by atoms with Crippen molar-refractivity contribution < 1.29 is 10.4 Å². The minimum Gasteiger partial charge on any atom is -0.411 e. The largest absolute Gasteiger partial charge is 0.411 e. The first kappa shape index (κ1) is 19.0. The van der Waals surface area contributed by atoms with Gasteiger partial charge in [0, 0.05) is 5.92 Å². The number of nitrogens with zero attached hydrogens (tertiary/aromatic N) is 2. The van der Waals surface area contributed by atoms with E-state index in [2.05, 4.69) is 37.2 Å². The Balaban J connectivity index is 1.68. The van der Waals surface area contributed by atoms with E-state index in [1.807, 2.05) is 6.92 Å². The second-order valence-electron chi connectivity index (χ2n) is 10.3. The van der Waals surface area contributed by atoms with E-state index in [0.29, 0.717) is 11.8 Å². The van der Waals surface area contributed by atoms with Crippen LogP contribution in [0.3, 0.4) is 0 Å². The maximum absolute atomic E-state index is 9.54. The van der Waals surface area contributed by atoms with Crippen LogP contribution in [0.5, 0.6) is 0 Å². The first-order valence-corrected chi connectivity index (χ1v) is 11.0. The van der Waals surface area contributed by atoms with E-state index >= 15 is 0 Å². The Morgan fingerprint density at radius 3 is 2.59 bits per heavy atom. The van der Waals surface area contributed by atoms with E-state index in [1.165, 1.54) is 37.7 Å². The first-order chi connectivity index (χ1) is 12.9. The van der Waals surface area contributed by atoms with Crippen LogP contribution in [0.15, 0.2) is 22.0 Å². The highest BCUT2D eigenvalue weighted by Gasteiger charge is 2.61. The summed E-state index contributed by atoms with van der Waals surface area (Å²) >= 11 is 0. The van der Waals surface area contributed by atoms with Gasteiger partial charge >= 0.3 is 0 Å². The molecule has 0 heterocycles. The maximum Gasteiger partial charge on any atom is 0.0795 e. The van der Waals surface area contributed by atoms with E-state index in [-0.39, 0.29) is 10.8 Å². The van der Waals surface area contributed by atoms with Gasteiger partial charge in [-0.3, -0.25) is 0 Å². The fourth-order valence-corrected chi connectivity index (χ4v) is 8.11. The van der Waals surface area contributed by atoms with Crippen molar-refractivity contribution in [2.24, 2.45) is 50.7 Å². The lowest BCUT2D eigenvalue weighted by Crippen LogP contribution is -2.51. The third kappa shape index (κ3) is 2.61. The third-order valence-electron chi connectivity index (χ3n) is 9.41. The van der Waals surface area contributed by atoms with Crippen LogP contribution >= 0.6 is 0 Å². The summed E-state index contributed by atoms with van der Waals surface area (Å²) in [7, 11) is 0. The quantitative estimate of drug-likeness (QED) is 0.361. The number of hydrogen-bond donors (Lipinski definition) is 2. The highest BCUT2D eigenvalue weighted by Crippen LogP contribution is 2.68. The van der Waals surface area contributed by atoms with Crippen molar-refractivity contribution in [3.8, 4) is 0 Å². The van der Waals surface area contributed by atoms with Crippen LogP contribution in [0, 0.1) is 40.4 Å².